The number of methoxy groups -OCH3 is 1. The first-order valence-corrected chi connectivity index (χ1v) is 6.50. The normalized spacial score (nSPS) is 11.1. The zero-order chi connectivity index (χ0) is 16.1. The standard InChI is InChI=1S/C16H14N2O4/c1-11(19)14(15-7-4-8-16(17-15)22-2)10-12-5-3-6-13(9-12)18(20)21/h3-10H,1-2H3/b14-10+. The van der Waals surface area contributed by atoms with Gasteiger partial charge in [-0.15, -0.1) is 0 Å². The SMILES string of the molecule is COc1cccc(/C(=C/c2cccc([N+](=O)[O-])c2)C(C)=O)n1. The molecule has 0 amide bonds. The highest BCUT2D eigenvalue weighted by Gasteiger charge is 2.11. The number of rotatable bonds is 5. The Balaban J connectivity index is 2.49. The number of Topliss-reactive ketones (excluding diaryl/α,β-unsaturated/α-hetero) is 1. The van der Waals surface area contributed by atoms with Crippen molar-refractivity contribution >= 4 is 23.1 Å². The average Bonchev–Trinajstić information content (AvgIpc) is 2.52. The van der Waals surface area contributed by atoms with Crippen LogP contribution in [-0.4, -0.2) is 22.8 Å². The number of ether oxygens (including phenoxy) is 1. The predicted octanol–water partition coefficient (Wildman–Crippen LogP) is 3.13. The third-order valence-corrected chi connectivity index (χ3v) is 2.98. The number of aromatic nitrogens is 1. The number of ketones is 1. The topological polar surface area (TPSA) is 82.3 Å². The molecule has 0 radical (unpaired) electrons. The van der Waals surface area contributed by atoms with Crippen molar-refractivity contribution < 1.29 is 14.5 Å². The summed E-state index contributed by atoms with van der Waals surface area (Å²) in [5.74, 6) is 0.205. The molecule has 6 nitrogen and oxygen atoms in total. The van der Waals surface area contributed by atoms with Crippen molar-refractivity contribution in [3.63, 3.8) is 0 Å². The van der Waals surface area contributed by atoms with Crippen LogP contribution in [0.1, 0.15) is 18.2 Å². The molecule has 0 spiro atoms. The summed E-state index contributed by atoms with van der Waals surface area (Å²) in [6.45, 7) is 1.42. The second-order valence-corrected chi connectivity index (χ2v) is 4.53. The maximum Gasteiger partial charge on any atom is 0.270 e. The van der Waals surface area contributed by atoms with Gasteiger partial charge >= 0.3 is 0 Å². The maximum atomic E-state index is 11.9. The van der Waals surface area contributed by atoms with Crippen LogP contribution in [0.2, 0.25) is 0 Å². The monoisotopic (exact) mass is 298 g/mol. The number of allylic oxidation sites excluding steroid dienone is 1. The van der Waals surface area contributed by atoms with E-state index >= 15 is 0 Å². The highest BCUT2D eigenvalue weighted by atomic mass is 16.6. The second-order valence-electron chi connectivity index (χ2n) is 4.53. The van der Waals surface area contributed by atoms with Gasteiger partial charge in [0.15, 0.2) is 5.78 Å². The summed E-state index contributed by atoms with van der Waals surface area (Å²) in [5.41, 5.74) is 1.34. The van der Waals surface area contributed by atoms with Gasteiger partial charge in [0, 0.05) is 23.8 Å². The van der Waals surface area contributed by atoms with Crippen LogP contribution in [0.25, 0.3) is 11.6 Å². The Kier molecular flexibility index (Phi) is 4.63. The lowest BCUT2D eigenvalue weighted by atomic mass is 10.0. The Morgan fingerprint density at radius 2 is 2.00 bits per heavy atom. The molecule has 112 valence electrons. The van der Waals surface area contributed by atoms with E-state index in [1.165, 1.54) is 26.2 Å². The lowest BCUT2D eigenvalue weighted by Crippen LogP contribution is -2.00. The molecule has 1 heterocycles. The van der Waals surface area contributed by atoms with Crippen molar-refractivity contribution in [2.24, 2.45) is 0 Å². The summed E-state index contributed by atoms with van der Waals surface area (Å²) in [7, 11) is 1.49. The smallest absolute Gasteiger partial charge is 0.270 e. The number of carbonyl (C=O) groups is 1. The third-order valence-electron chi connectivity index (χ3n) is 2.98. The number of pyridine rings is 1. The van der Waals surface area contributed by atoms with Crippen LogP contribution in [0.15, 0.2) is 42.5 Å². The molecule has 0 unspecified atom stereocenters. The molecule has 22 heavy (non-hydrogen) atoms. The van der Waals surface area contributed by atoms with Gasteiger partial charge in [0.05, 0.1) is 17.7 Å². The van der Waals surface area contributed by atoms with Crippen molar-refractivity contribution in [1.82, 2.24) is 4.98 Å². The molecule has 0 bridgehead atoms. The molecule has 1 aromatic carbocycles. The Morgan fingerprint density at radius 1 is 1.27 bits per heavy atom. The fourth-order valence-electron chi connectivity index (χ4n) is 1.93. The van der Waals surface area contributed by atoms with E-state index in [4.69, 9.17) is 4.74 Å². The fraction of sp³-hybridized carbons (Fsp3) is 0.125. The molecule has 6 heteroatoms. The highest BCUT2D eigenvalue weighted by molar-refractivity contribution is 6.23. The Hall–Kier alpha value is -3.02. The zero-order valence-electron chi connectivity index (χ0n) is 12.1. The quantitative estimate of drug-likeness (QED) is 0.481. The lowest BCUT2D eigenvalue weighted by molar-refractivity contribution is -0.384. The van der Waals surface area contributed by atoms with Crippen molar-refractivity contribution in [2.75, 3.05) is 7.11 Å². The Labute approximate surface area is 127 Å². The lowest BCUT2D eigenvalue weighted by Gasteiger charge is -2.06. The summed E-state index contributed by atoms with van der Waals surface area (Å²) in [6, 6.07) is 11.2. The van der Waals surface area contributed by atoms with Crippen LogP contribution in [0.4, 0.5) is 5.69 Å². The molecule has 0 aliphatic rings. The highest BCUT2D eigenvalue weighted by Crippen LogP contribution is 2.22. The van der Waals surface area contributed by atoms with Gasteiger partial charge in [0.2, 0.25) is 5.88 Å². The van der Waals surface area contributed by atoms with E-state index < -0.39 is 4.92 Å². The molecular weight excluding hydrogens is 284 g/mol. The van der Waals surface area contributed by atoms with Crippen LogP contribution >= 0.6 is 0 Å². The molecule has 0 atom stereocenters. The summed E-state index contributed by atoms with van der Waals surface area (Å²) < 4.78 is 5.05. The van der Waals surface area contributed by atoms with E-state index in [2.05, 4.69) is 4.98 Å². The number of nitro groups is 1. The van der Waals surface area contributed by atoms with E-state index in [0.717, 1.165) is 0 Å². The van der Waals surface area contributed by atoms with Crippen LogP contribution in [-0.2, 0) is 4.79 Å². The van der Waals surface area contributed by atoms with Gasteiger partial charge in [-0.1, -0.05) is 18.2 Å². The molecule has 2 rings (SSSR count). The van der Waals surface area contributed by atoms with Gasteiger partial charge in [0.25, 0.3) is 5.69 Å². The first-order chi connectivity index (χ1) is 10.5. The van der Waals surface area contributed by atoms with E-state index in [9.17, 15) is 14.9 Å². The van der Waals surface area contributed by atoms with Gasteiger partial charge < -0.3 is 4.74 Å². The average molecular weight is 298 g/mol. The number of nitrogens with zero attached hydrogens (tertiary/aromatic N) is 2. The molecule has 0 aliphatic carbocycles. The fourth-order valence-corrected chi connectivity index (χ4v) is 1.93. The van der Waals surface area contributed by atoms with E-state index in [1.54, 1.807) is 36.4 Å². The number of nitro benzene ring substituents is 1. The minimum Gasteiger partial charge on any atom is -0.481 e. The number of benzene rings is 1. The van der Waals surface area contributed by atoms with E-state index in [1.807, 2.05) is 0 Å². The van der Waals surface area contributed by atoms with Gasteiger partial charge in [-0.05, 0) is 24.6 Å². The summed E-state index contributed by atoms with van der Waals surface area (Å²) in [5, 5.41) is 10.8. The van der Waals surface area contributed by atoms with Crippen molar-refractivity contribution in [1.29, 1.82) is 0 Å². The largest absolute Gasteiger partial charge is 0.481 e. The van der Waals surface area contributed by atoms with Gasteiger partial charge in [-0.3, -0.25) is 14.9 Å². The molecule has 1 aromatic heterocycles. The zero-order valence-corrected chi connectivity index (χ0v) is 12.1. The second kappa shape index (κ2) is 6.62. The first-order valence-electron chi connectivity index (χ1n) is 6.50. The van der Waals surface area contributed by atoms with Crippen LogP contribution in [0.3, 0.4) is 0 Å². The Bertz CT molecular complexity index is 753. The molecule has 0 saturated heterocycles. The molecule has 0 saturated carbocycles. The molecule has 0 aliphatic heterocycles. The van der Waals surface area contributed by atoms with Crippen LogP contribution in [0, 0.1) is 10.1 Å². The molecular formula is C16H14N2O4. The number of carbonyl (C=O) groups excluding carboxylic acids is 1. The van der Waals surface area contributed by atoms with Gasteiger partial charge in [0.1, 0.15) is 0 Å². The summed E-state index contributed by atoms with van der Waals surface area (Å²) in [6.07, 6.45) is 1.58. The van der Waals surface area contributed by atoms with Crippen LogP contribution < -0.4 is 4.74 Å². The minimum atomic E-state index is -0.478. The van der Waals surface area contributed by atoms with Gasteiger partial charge in [-0.2, -0.15) is 0 Å². The van der Waals surface area contributed by atoms with E-state index in [-0.39, 0.29) is 11.5 Å². The predicted molar refractivity (Wildman–Crippen MR) is 82.4 cm³/mol. The Morgan fingerprint density at radius 3 is 2.64 bits per heavy atom. The van der Waals surface area contributed by atoms with Gasteiger partial charge in [-0.25, -0.2) is 4.98 Å². The molecule has 2 aromatic rings. The summed E-state index contributed by atoms with van der Waals surface area (Å²) in [4.78, 5) is 26.4. The maximum absolute atomic E-state index is 11.9. The molecule has 0 N–H and O–H groups in total. The van der Waals surface area contributed by atoms with E-state index in [0.29, 0.717) is 22.7 Å². The van der Waals surface area contributed by atoms with Crippen molar-refractivity contribution in [3.8, 4) is 5.88 Å². The first kappa shape index (κ1) is 15.4. The number of non-ortho nitro benzene ring substituents is 1. The van der Waals surface area contributed by atoms with Crippen molar-refractivity contribution in [2.45, 2.75) is 6.92 Å². The minimum absolute atomic E-state index is 0.0322. The number of hydrogen-bond acceptors (Lipinski definition) is 5. The van der Waals surface area contributed by atoms with Crippen molar-refractivity contribution in [3.05, 3.63) is 63.8 Å². The number of hydrogen-bond donors (Lipinski definition) is 0. The third kappa shape index (κ3) is 3.54. The molecule has 0 fully saturated rings. The summed E-state index contributed by atoms with van der Waals surface area (Å²) >= 11 is 0. The van der Waals surface area contributed by atoms with Crippen LogP contribution in [0.5, 0.6) is 5.88 Å².